The van der Waals surface area contributed by atoms with E-state index in [-0.39, 0.29) is 0 Å². The van der Waals surface area contributed by atoms with Crippen LogP contribution in [0, 0.1) is 11.3 Å². The molecule has 0 saturated heterocycles. The summed E-state index contributed by atoms with van der Waals surface area (Å²) in [6, 6.07) is 5.96. The fraction of sp³-hybridized carbons (Fsp3) is 0.182. The van der Waals surface area contributed by atoms with Gasteiger partial charge in [-0.1, -0.05) is 6.07 Å². The van der Waals surface area contributed by atoms with Gasteiger partial charge < -0.3 is 11.1 Å². The summed E-state index contributed by atoms with van der Waals surface area (Å²) in [4.78, 5) is 4.04. The van der Waals surface area contributed by atoms with E-state index in [1.807, 2.05) is 24.4 Å². The average Bonchev–Trinajstić information content (AvgIpc) is 2.71. The number of anilines is 2. The van der Waals surface area contributed by atoms with Gasteiger partial charge in [0.15, 0.2) is 5.82 Å². The first-order valence-corrected chi connectivity index (χ1v) is 5.86. The Morgan fingerprint density at radius 1 is 1.53 bits per heavy atom. The molecule has 2 rings (SSSR count). The molecule has 0 atom stereocenters. The molecule has 0 aliphatic carbocycles. The van der Waals surface area contributed by atoms with Gasteiger partial charge in [-0.2, -0.15) is 9.64 Å². The van der Waals surface area contributed by atoms with Crippen molar-refractivity contribution in [2.45, 2.75) is 6.42 Å². The maximum absolute atomic E-state index is 8.89. The topological polar surface area (TPSA) is 87.6 Å². The molecule has 2 heterocycles. The minimum Gasteiger partial charge on any atom is -0.382 e. The van der Waals surface area contributed by atoms with Gasteiger partial charge in [-0.05, 0) is 29.6 Å². The van der Waals surface area contributed by atoms with E-state index >= 15 is 0 Å². The van der Waals surface area contributed by atoms with Gasteiger partial charge in [0, 0.05) is 18.9 Å². The summed E-state index contributed by atoms with van der Waals surface area (Å²) in [5.41, 5.74) is 7.14. The SMILES string of the molecule is N#Cc1c(N)nsc1NCCc1cccnc1. The first-order valence-electron chi connectivity index (χ1n) is 5.09. The summed E-state index contributed by atoms with van der Waals surface area (Å²) in [5, 5.41) is 12.8. The normalized spacial score (nSPS) is 9.82. The second-order valence-electron chi connectivity index (χ2n) is 3.42. The number of nitriles is 1. The van der Waals surface area contributed by atoms with Crippen LogP contribution in [0.1, 0.15) is 11.1 Å². The summed E-state index contributed by atoms with van der Waals surface area (Å²) in [6.45, 7) is 0.724. The van der Waals surface area contributed by atoms with Crippen LogP contribution in [-0.4, -0.2) is 15.9 Å². The summed E-state index contributed by atoms with van der Waals surface area (Å²) in [5.74, 6) is 0.293. The van der Waals surface area contributed by atoms with Crippen molar-refractivity contribution in [2.24, 2.45) is 0 Å². The number of hydrogen-bond acceptors (Lipinski definition) is 6. The minimum atomic E-state index is 0.293. The summed E-state index contributed by atoms with van der Waals surface area (Å²) >= 11 is 1.21. The Morgan fingerprint density at radius 3 is 3.12 bits per heavy atom. The average molecular weight is 245 g/mol. The van der Waals surface area contributed by atoms with E-state index in [0.717, 1.165) is 23.5 Å². The number of rotatable bonds is 4. The number of nitrogen functional groups attached to an aromatic ring is 1. The molecular weight excluding hydrogens is 234 g/mol. The van der Waals surface area contributed by atoms with Crippen LogP contribution in [0.2, 0.25) is 0 Å². The van der Waals surface area contributed by atoms with Gasteiger partial charge in [-0.3, -0.25) is 4.98 Å². The molecule has 0 amide bonds. The molecule has 17 heavy (non-hydrogen) atoms. The van der Waals surface area contributed by atoms with Gasteiger partial charge in [-0.15, -0.1) is 0 Å². The number of pyridine rings is 1. The van der Waals surface area contributed by atoms with Crippen LogP contribution in [0.15, 0.2) is 24.5 Å². The molecule has 6 heteroatoms. The molecule has 0 saturated carbocycles. The number of hydrogen-bond donors (Lipinski definition) is 2. The lowest BCUT2D eigenvalue weighted by Crippen LogP contribution is -2.05. The highest BCUT2D eigenvalue weighted by Crippen LogP contribution is 2.25. The number of aromatic nitrogens is 2. The zero-order chi connectivity index (χ0) is 12.1. The maximum atomic E-state index is 8.89. The lowest BCUT2D eigenvalue weighted by Gasteiger charge is -2.03. The zero-order valence-electron chi connectivity index (χ0n) is 9.05. The number of nitrogens with one attached hydrogen (secondary N) is 1. The van der Waals surface area contributed by atoms with Crippen molar-refractivity contribution in [1.29, 1.82) is 5.26 Å². The van der Waals surface area contributed by atoms with Crippen molar-refractivity contribution in [2.75, 3.05) is 17.6 Å². The monoisotopic (exact) mass is 245 g/mol. The van der Waals surface area contributed by atoms with Crippen molar-refractivity contribution in [3.05, 3.63) is 35.7 Å². The van der Waals surface area contributed by atoms with Crippen LogP contribution in [-0.2, 0) is 6.42 Å². The second-order valence-corrected chi connectivity index (χ2v) is 4.20. The van der Waals surface area contributed by atoms with Crippen LogP contribution in [0.3, 0.4) is 0 Å². The molecule has 2 aromatic rings. The lowest BCUT2D eigenvalue weighted by atomic mass is 10.2. The first-order chi connectivity index (χ1) is 8.31. The minimum absolute atomic E-state index is 0.293. The Labute approximate surface area is 103 Å². The molecule has 0 unspecified atom stereocenters. The van der Waals surface area contributed by atoms with Gasteiger partial charge in [0.25, 0.3) is 0 Å². The standard InChI is InChI=1S/C11H11N5S/c12-6-9-10(13)16-17-11(9)15-5-3-8-2-1-4-14-7-8/h1-2,4,7,15H,3,5H2,(H2,13,16). The Morgan fingerprint density at radius 2 is 2.41 bits per heavy atom. The highest BCUT2D eigenvalue weighted by atomic mass is 32.1. The highest BCUT2D eigenvalue weighted by Gasteiger charge is 2.09. The van der Waals surface area contributed by atoms with Gasteiger partial charge in [-0.25, -0.2) is 0 Å². The first kappa shape index (κ1) is 11.4. The van der Waals surface area contributed by atoms with E-state index in [9.17, 15) is 0 Å². The maximum Gasteiger partial charge on any atom is 0.157 e. The van der Waals surface area contributed by atoms with E-state index < -0.39 is 0 Å². The molecule has 86 valence electrons. The molecule has 0 aliphatic rings. The Bertz CT molecular complexity index is 529. The molecule has 0 fully saturated rings. The van der Waals surface area contributed by atoms with E-state index in [1.165, 1.54) is 11.5 Å². The van der Waals surface area contributed by atoms with Crippen molar-refractivity contribution >= 4 is 22.4 Å². The van der Waals surface area contributed by atoms with Crippen molar-refractivity contribution in [3.63, 3.8) is 0 Å². The highest BCUT2D eigenvalue weighted by molar-refractivity contribution is 7.10. The van der Waals surface area contributed by atoms with Gasteiger partial charge in [0.1, 0.15) is 16.6 Å². The molecule has 0 aromatic carbocycles. The molecule has 0 radical (unpaired) electrons. The number of nitrogens with two attached hydrogens (primary N) is 1. The molecular formula is C11H11N5S. The fourth-order valence-corrected chi connectivity index (χ4v) is 2.09. The quantitative estimate of drug-likeness (QED) is 0.855. The third-order valence-corrected chi connectivity index (χ3v) is 3.07. The van der Waals surface area contributed by atoms with Crippen LogP contribution < -0.4 is 11.1 Å². The molecule has 5 nitrogen and oxygen atoms in total. The fourth-order valence-electron chi connectivity index (χ4n) is 1.40. The van der Waals surface area contributed by atoms with Crippen molar-refractivity contribution in [3.8, 4) is 6.07 Å². The Hall–Kier alpha value is -2.13. The van der Waals surface area contributed by atoms with E-state index in [0.29, 0.717) is 11.4 Å². The summed E-state index contributed by atoms with van der Waals surface area (Å²) in [7, 11) is 0. The molecule has 0 aliphatic heterocycles. The molecule has 2 aromatic heterocycles. The zero-order valence-corrected chi connectivity index (χ0v) is 9.87. The lowest BCUT2D eigenvalue weighted by molar-refractivity contribution is 1.01. The predicted molar refractivity (Wildman–Crippen MR) is 67.7 cm³/mol. The van der Waals surface area contributed by atoms with Crippen LogP contribution in [0.25, 0.3) is 0 Å². The summed E-state index contributed by atoms with van der Waals surface area (Å²) in [6.07, 6.45) is 4.42. The van der Waals surface area contributed by atoms with Gasteiger partial charge in [0.2, 0.25) is 0 Å². The van der Waals surface area contributed by atoms with Gasteiger partial charge in [0.05, 0.1) is 0 Å². The molecule has 0 bridgehead atoms. The van der Waals surface area contributed by atoms with Crippen LogP contribution in [0.4, 0.5) is 10.8 Å². The largest absolute Gasteiger partial charge is 0.382 e. The Balaban J connectivity index is 1.93. The van der Waals surface area contributed by atoms with E-state index in [4.69, 9.17) is 11.0 Å². The Kier molecular flexibility index (Phi) is 3.52. The predicted octanol–water partition coefficient (Wildman–Crippen LogP) is 1.65. The second kappa shape index (κ2) is 5.27. The van der Waals surface area contributed by atoms with E-state index in [2.05, 4.69) is 14.7 Å². The van der Waals surface area contributed by atoms with Crippen molar-refractivity contribution in [1.82, 2.24) is 9.36 Å². The molecule has 0 spiro atoms. The van der Waals surface area contributed by atoms with Gasteiger partial charge >= 0.3 is 0 Å². The molecule has 3 N–H and O–H groups in total. The third-order valence-electron chi connectivity index (χ3n) is 2.25. The number of nitrogens with zero attached hydrogens (tertiary/aromatic N) is 3. The summed E-state index contributed by atoms with van der Waals surface area (Å²) < 4.78 is 3.94. The van der Waals surface area contributed by atoms with Crippen LogP contribution in [0.5, 0.6) is 0 Å². The van der Waals surface area contributed by atoms with E-state index in [1.54, 1.807) is 6.20 Å². The van der Waals surface area contributed by atoms with Crippen molar-refractivity contribution < 1.29 is 0 Å². The third kappa shape index (κ3) is 2.71. The van der Waals surface area contributed by atoms with Crippen LogP contribution >= 0.6 is 11.5 Å². The smallest absolute Gasteiger partial charge is 0.157 e.